The van der Waals surface area contributed by atoms with Crippen molar-refractivity contribution in [3.63, 3.8) is 0 Å². The van der Waals surface area contributed by atoms with Crippen LogP contribution in [-0.2, 0) is 4.84 Å². The van der Waals surface area contributed by atoms with Gasteiger partial charge < -0.3 is 18.7 Å². The fourth-order valence-electron chi connectivity index (χ4n) is 2.28. The summed E-state index contributed by atoms with van der Waals surface area (Å²) in [4.78, 5) is 29.0. The molecule has 3 rings (SSSR count). The van der Waals surface area contributed by atoms with Crippen LogP contribution in [0.2, 0.25) is 0 Å². The number of benzene rings is 2. The molecule has 148 valence electrons. The maximum absolute atomic E-state index is 12.2. The first-order chi connectivity index (χ1) is 14.1. The minimum Gasteiger partial charge on any atom is -0.493 e. The quantitative estimate of drug-likeness (QED) is 0.466. The monoisotopic (exact) mass is 395 g/mol. The summed E-state index contributed by atoms with van der Waals surface area (Å²) in [5.41, 5.74) is 3.79. The number of nitrogens with zero attached hydrogens (tertiary/aromatic N) is 2. The largest absolute Gasteiger partial charge is 0.493 e. The molecule has 0 saturated carbocycles. The summed E-state index contributed by atoms with van der Waals surface area (Å²) < 4.78 is 15.2. The van der Waals surface area contributed by atoms with Crippen LogP contribution in [0.5, 0.6) is 11.5 Å². The van der Waals surface area contributed by atoms with Crippen molar-refractivity contribution in [2.24, 2.45) is 10.2 Å². The molecule has 1 N–H and O–H groups in total. The fraction of sp³-hybridized carbons (Fsp3) is 0.100. The maximum atomic E-state index is 12.2. The van der Waals surface area contributed by atoms with E-state index >= 15 is 0 Å². The van der Waals surface area contributed by atoms with E-state index in [2.05, 4.69) is 15.7 Å². The molecule has 2 aromatic carbocycles. The molecule has 9 heteroatoms. The van der Waals surface area contributed by atoms with Gasteiger partial charge in [0.25, 0.3) is 0 Å². The second-order valence-corrected chi connectivity index (χ2v) is 5.59. The standard InChI is InChI=1S/C20H17N3O6/c1-26-16-10-5-13(12-18(16)27-2)20(25)29-23-15-8-6-14(7-9-15)21-22-19(24)17-4-3-11-28-17/h3-12,23H,1-2H3. The number of carbonyl (C=O) groups excluding carboxylic acids is 2. The van der Waals surface area contributed by atoms with Gasteiger partial charge in [0.15, 0.2) is 17.3 Å². The van der Waals surface area contributed by atoms with E-state index in [1.165, 1.54) is 32.6 Å². The molecule has 1 amide bonds. The van der Waals surface area contributed by atoms with Crippen LogP contribution < -0.4 is 15.0 Å². The Labute approximate surface area is 165 Å². The first-order valence-corrected chi connectivity index (χ1v) is 8.39. The van der Waals surface area contributed by atoms with Crippen LogP contribution in [-0.4, -0.2) is 26.1 Å². The number of azo groups is 1. The summed E-state index contributed by atoms with van der Waals surface area (Å²) in [5.74, 6) is -0.151. The zero-order chi connectivity index (χ0) is 20.6. The third kappa shape index (κ3) is 4.98. The van der Waals surface area contributed by atoms with Crippen LogP contribution in [0.1, 0.15) is 20.9 Å². The molecule has 1 aromatic heterocycles. The maximum Gasteiger partial charge on any atom is 0.362 e. The van der Waals surface area contributed by atoms with E-state index in [9.17, 15) is 9.59 Å². The van der Waals surface area contributed by atoms with Gasteiger partial charge in [-0.1, -0.05) is 0 Å². The van der Waals surface area contributed by atoms with Crippen molar-refractivity contribution in [3.8, 4) is 11.5 Å². The first-order valence-electron chi connectivity index (χ1n) is 8.39. The summed E-state index contributed by atoms with van der Waals surface area (Å²) in [6, 6.07) is 14.2. The molecule has 0 aliphatic rings. The Morgan fingerprint density at radius 2 is 1.72 bits per heavy atom. The highest BCUT2D eigenvalue weighted by Gasteiger charge is 2.12. The number of ether oxygens (including phenoxy) is 2. The lowest BCUT2D eigenvalue weighted by Gasteiger charge is -2.10. The van der Waals surface area contributed by atoms with Crippen molar-refractivity contribution in [3.05, 3.63) is 72.2 Å². The lowest BCUT2D eigenvalue weighted by atomic mass is 10.2. The van der Waals surface area contributed by atoms with E-state index in [-0.39, 0.29) is 11.3 Å². The highest BCUT2D eigenvalue weighted by Crippen LogP contribution is 2.28. The summed E-state index contributed by atoms with van der Waals surface area (Å²) in [5, 5.41) is 7.41. The topological polar surface area (TPSA) is 112 Å². The molecule has 0 aliphatic carbocycles. The molecule has 0 unspecified atom stereocenters. The molecule has 0 atom stereocenters. The van der Waals surface area contributed by atoms with Crippen LogP contribution in [0.25, 0.3) is 0 Å². The normalized spacial score (nSPS) is 10.6. The average molecular weight is 395 g/mol. The molecular formula is C20H17N3O6. The number of rotatable bonds is 7. The Morgan fingerprint density at radius 1 is 0.966 bits per heavy atom. The van der Waals surface area contributed by atoms with Gasteiger partial charge in [0.05, 0.1) is 37.4 Å². The Balaban J connectivity index is 1.57. The third-order valence-electron chi connectivity index (χ3n) is 3.74. The van der Waals surface area contributed by atoms with Gasteiger partial charge in [-0.15, -0.1) is 10.2 Å². The zero-order valence-electron chi connectivity index (χ0n) is 15.6. The lowest BCUT2D eigenvalue weighted by Crippen LogP contribution is -2.11. The Morgan fingerprint density at radius 3 is 2.38 bits per heavy atom. The third-order valence-corrected chi connectivity index (χ3v) is 3.74. The second kappa shape index (κ2) is 9.18. The van der Waals surface area contributed by atoms with Gasteiger partial charge in [-0.2, -0.15) is 0 Å². The van der Waals surface area contributed by atoms with Gasteiger partial charge in [-0.3, -0.25) is 4.79 Å². The molecule has 0 aliphatic heterocycles. The molecule has 0 fully saturated rings. The number of methoxy groups -OCH3 is 2. The van der Waals surface area contributed by atoms with Crippen molar-refractivity contribution >= 4 is 23.3 Å². The molecule has 0 saturated heterocycles. The highest BCUT2D eigenvalue weighted by molar-refractivity contribution is 5.92. The average Bonchev–Trinajstić information content (AvgIpc) is 3.31. The number of hydrogen-bond acceptors (Lipinski definition) is 8. The number of hydrogen-bond donors (Lipinski definition) is 1. The molecule has 3 aromatic rings. The number of carbonyl (C=O) groups is 2. The SMILES string of the molecule is COc1ccc(C(=O)ONc2ccc(N=NC(=O)c3ccco3)cc2)cc1OC. The van der Waals surface area contributed by atoms with Gasteiger partial charge >= 0.3 is 11.9 Å². The lowest BCUT2D eigenvalue weighted by molar-refractivity contribution is 0.0596. The Hall–Kier alpha value is -4.14. The number of furan rings is 1. The van der Waals surface area contributed by atoms with E-state index in [1.54, 1.807) is 42.5 Å². The minimum absolute atomic E-state index is 0.106. The molecule has 1 heterocycles. The van der Waals surface area contributed by atoms with E-state index < -0.39 is 11.9 Å². The van der Waals surface area contributed by atoms with E-state index in [4.69, 9.17) is 18.7 Å². The molecule has 9 nitrogen and oxygen atoms in total. The van der Waals surface area contributed by atoms with E-state index in [0.29, 0.717) is 22.9 Å². The number of anilines is 1. The Kier molecular flexibility index (Phi) is 6.21. The highest BCUT2D eigenvalue weighted by atomic mass is 16.7. The van der Waals surface area contributed by atoms with Crippen molar-refractivity contribution in [1.29, 1.82) is 0 Å². The van der Waals surface area contributed by atoms with Crippen molar-refractivity contribution in [2.45, 2.75) is 0 Å². The van der Waals surface area contributed by atoms with Crippen LogP contribution in [0.15, 0.2) is 75.5 Å². The molecule has 0 bridgehead atoms. The van der Waals surface area contributed by atoms with Crippen molar-refractivity contribution in [2.75, 3.05) is 19.7 Å². The Bertz CT molecular complexity index is 1010. The van der Waals surface area contributed by atoms with E-state index in [1.807, 2.05) is 0 Å². The van der Waals surface area contributed by atoms with Crippen molar-refractivity contribution in [1.82, 2.24) is 0 Å². The van der Waals surface area contributed by atoms with Crippen LogP contribution in [0, 0.1) is 0 Å². The summed E-state index contributed by atoms with van der Waals surface area (Å²) in [6.45, 7) is 0. The smallest absolute Gasteiger partial charge is 0.362 e. The summed E-state index contributed by atoms with van der Waals surface area (Å²) in [6.07, 6.45) is 1.38. The summed E-state index contributed by atoms with van der Waals surface area (Å²) >= 11 is 0. The van der Waals surface area contributed by atoms with Gasteiger partial charge in [0.1, 0.15) is 0 Å². The second-order valence-electron chi connectivity index (χ2n) is 5.59. The zero-order valence-corrected chi connectivity index (χ0v) is 15.6. The van der Waals surface area contributed by atoms with Gasteiger partial charge in [0, 0.05) is 0 Å². The number of nitrogens with one attached hydrogen (secondary N) is 1. The minimum atomic E-state index is -0.598. The van der Waals surface area contributed by atoms with Crippen LogP contribution in [0.4, 0.5) is 11.4 Å². The fourth-order valence-corrected chi connectivity index (χ4v) is 2.28. The van der Waals surface area contributed by atoms with Crippen molar-refractivity contribution < 1.29 is 28.3 Å². The summed E-state index contributed by atoms with van der Waals surface area (Å²) in [7, 11) is 2.99. The van der Waals surface area contributed by atoms with E-state index in [0.717, 1.165) is 0 Å². The van der Waals surface area contributed by atoms with Gasteiger partial charge in [-0.05, 0) is 54.6 Å². The first kappa shape index (κ1) is 19.6. The number of amides is 1. The predicted molar refractivity (Wildman–Crippen MR) is 103 cm³/mol. The molecule has 0 radical (unpaired) electrons. The van der Waals surface area contributed by atoms with Gasteiger partial charge in [-0.25, -0.2) is 10.3 Å². The predicted octanol–water partition coefficient (Wildman–Crippen LogP) is 4.40. The van der Waals surface area contributed by atoms with Gasteiger partial charge in [0.2, 0.25) is 0 Å². The van der Waals surface area contributed by atoms with Crippen LogP contribution in [0.3, 0.4) is 0 Å². The molecule has 0 spiro atoms. The van der Waals surface area contributed by atoms with Crippen LogP contribution >= 0.6 is 0 Å². The molecular weight excluding hydrogens is 378 g/mol. The molecule has 29 heavy (non-hydrogen) atoms.